The van der Waals surface area contributed by atoms with Crippen LogP contribution in [0.4, 0.5) is 0 Å². The molecule has 0 aromatic carbocycles. The Bertz CT molecular complexity index is 415. The first-order valence-corrected chi connectivity index (χ1v) is 6.85. The number of hydrogen-bond donors (Lipinski definition) is 1. The summed E-state index contributed by atoms with van der Waals surface area (Å²) in [4.78, 5) is 1.16. The van der Waals surface area contributed by atoms with Crippen LogP contribution >= 0.6 is 11.3 Å². The van der Waals surface area contributed by atoms with E-state index in [0.29, 0.717) is 19.8 Å². The molecule has 0 saturated carbocycles. The van der Waals surface area contributed by atoms with Crippen molar-refractivity contribution in [3.05, 3.63) is 21.9 Å². The first kappa shape index (κ1) is 15.2. The number of rotatable bonds is 6. The second-order valence-electron chi connectivity index (χ2n) is 4.53. The maximum atomic E-state index is 5.67. The van der Waals surface area contributed by atoms with Crippen LogP contribution in [0.5, 0.6) is 0 Å². The van der Waals surface area contributed by atoms with E-state index in [4.69, 9.17) is 15.2 Å². The van der Waals surface area contributed by atoms with Crippen LogP contribution in [0.2, 0.25) is 0 Å². The third-order valence-electron chi connectivity index (χ3n) is 2.70. The lowest BCUT2D eigenvalue weighted by atomic mass is 10.1. The van der Waals surface area contributed by atoms with Gasteiger partial charge in [-0.3, -0.25) is 0 Å². The maximum Gasteiger partial charge on any atom is 0.0821 e. The molecule has 0 unspecified atom stereocenters. The van der Waals surface area contributed by atoms with Gasteiger partial charge in [-0.15, -0.1) is 11.3 Å². The molecule has 18 heavy (non-hydrogen) atoms. The monoisotopic (exact) mass is 267 g/mol. The largest absolute Gasteiger partial charge is 0.379 e. The summed E-state index contributed by atoms with van der Waals surface area (Å²) in [5.41, 5.74) is 6.26. The Morgan fingerprint density at radius 1 is 1.44 bits per heavy atom. The summed E-state index contributed by atoms with van der Waals surface area (Å²) >= 11 is 1.66. The minimum Gasteiger partial charge on any atom is -0.379 e. The van der Waals surface area contributed by atoms with Gasteiger partial charge in [0.2, 0.25) is 0 Å². The summed E-state index contributed by atoms with van der Waals surface area (Å²) in [6.07, 6.45) is 0.874. The summed E-state index contributed by atoms with van der Waals surface area (Å²) < 4.78 is 11.0. The van der Waals surface area contributed by atoms with E-state index >= 15 is 0 Å². The van der Waals surface area contributed by atoms with E-state index in [9.17, 15) is 0 Å². The van der Waals surface area contributed by atoms with E-state index < -0.39 is 0 Å². The van der Waals surface area contributed by atoms with Gasteiger partial charge in [0.25, 0.3) is 0 Å². The minimum absolute atomic E-state index is 0.127. The lowest BCUT2D eigenvalue weighted by Gasteiger charge is -2.22. The van der Waals surface area contributed by atoms with Crippen LogP contribution in [0, 0.1) is 11.8 Å². The van der Waals surface area contributed by atoms with Gasteiger partial charge in [-0.1, -0.05) is 11.8 Å². The molecule has 100 valence electrons. The van der Waals surface area contributed by atoms with E-state index in [0.717, 1.165) is 16.9 Å². The molecule has 0 saturated heterocycles. The molecule has 0 aliphatic rings. The lowest BCUT2D eigenvalue weighted by Crippen LogP contribution is -2.24. The van der Waals surface area contributed by atoms with Gasteiger partial charge in [0, 0.05) is 24.2 Å². The van der Waals surface area contributed by atoms with Gasteiger partial charge in [-0.05, 0) is 31.7 Å². The van der Waals surface area contributed by atoms with Gasteiger partial charge < -0.3 is 15.2 Å². The fraction of sp³-hybridized carbons (Fsp3) is 0.571. The van der Waals surface area contributed by atoms with Crippen molar-refractivity contribution in [1.29, 1.82) is 0 Å². The molecule has 1 aromatic rings. The highest BCUT2D eigenvalue weighted by Crippen LogP contribution is 2.18. The second kappa shape index (κ2) is 7.55. The molecule has 1 rings (SSSR count). The highest BCUT2D eigenvalue weighted by molar-refractivity contribution is 7.10. The smallest absolute Gasteiger partial charge is 0.0821 e. The van der Waals surface area contributed by atoms with Crippen LogP contribution in [-0.2, 0) is 16.1 Å². The van der Waals surface area contributed by atoms with Crippen LogP contribution < -0.4 is 5.73 Å². The molecular formula is C14H21NO2S. The zero-order valence-corrected chi connectivity index (χ0v) is 12.1. The summed E-state index contributed by atoms with van der Waals surface area (Å²) in [7, 11) is 1.72. The van der Waals surface area contributed by atoms with Crippen LogP contribution in [-0.4, -0.2) is 25.9 Å². The Balaban J connectivity index is 2.38. The zero-order chi connectivity index (χ0) is 13.4. The van der Waals surface area contributed by atoms with Crippen LogP contribution in [0.3, 0.4) is 0 Å². The summed E-state index contributed by atoms with van der Waals surface area (Å²) in [5, 5.41) is 2.03. The molecular weight excluding hydrogens is 246 g/mol. The number of hydrogen-bond acceptors (Lipinski definition) is 4. The molecule has 1 aromatic heterocycles. The highest BCUT2D eigenvalue weighted by atomic mass is 32.1. The predicted octanol–water partition coefficient (Wildman–Crippen LogP) is 2.39. The number of thiophene rings is 1. The average molecular weight is 267 g/mol. The fourth-order valence-corrected chi connectivity index (χ4v) is 2.06. The molecule has 0 fully saturated rings. The molecule has 0 radical (unpaired) electrons. The van der Waals surface area contributed by atoms with Crippen molar-refractivity contribution >= 4 is 11.3 Å². The van der Waals surface area contributed by atoms with E-state index in [2.05, 4.69) is 25.7 Å². The van der Waals surface area contributed by atoms with Crippen LogP contribution in [0.1, 0.15) is 30.7 Å². The number of ether oxygens (including phenoxy) is 2. The Morgan fingerprint density at radius 2 is 2.22 bits per heavy atom. The van der Waals surface area contributed by atoms with E-state index in [1.54, 1.807) is 18.4 Å². The van der Waals surface area contributed by atoms with Gasteiger partial charge in [-0.2, -0.15) is 0 Å². The molecule has 4 heteroatoms. The van der Waals surface area contributed by atoms with Crippen LogP contribution in [0.25, 0.3) is 0 Å². The van der Waals surface area contributed by atoms with Gasteiger partial charge in [0.15, 0.2) is 0 Å². The average Bonchev–Trinajstić information content (AvgIpc) is 2.79. The van der Waals surface area contributed by atoms with Gasteiger partial charge in [0.1, 0.15) is 0 Å². The summed E-state index contributed by atoms with van der Waals surface area (Å²) in [6, 6.07) is 2.01. The Labute approximate surface area is 113 Å². The van der Waals surface area contributed by atoms with Gasteiger partial charge >= 0.3 is 0 Å². The minimum atomic E-state index is -0.127. The number of nitrogens with two attached hydrogens (primary N) is 1. The molecule has 0 amide bonds. The standard InChI is InChI=1S/C14H21NO2S/c1-14(2,16-3)7-9-17-11-13-12(5-4-8-15)6-10-18-13/h6,10H,7-9,11,15H2,1-3H3. The molecule has 0 bridgehead atoms. The molecule has 0 spiro atoms. The first-order valence-electron chi connectivity index (χ1n) is 5.97. The van der Waals surface area contributed by atoms with Gasteiger partial charge in [-0.25, -0.2) is 0 Å². The Kier molecular flexibility index (Phi) is 6.37. The van der Waals surface area contributed by atoms with Crippen molar-refractivity contribution in [3.63, 3.8) is 0 Å². The van der Waals surface area contributed by atoms with E-state index in [1.807, 2.05) is 11.4 Å². The lowest BCUT2D eigenvalue weighted by molar-refractivity contribution is -0.0121. The van der Waals surface area contributed by atoms with Crippen molar-refractivity contribution in [2.45, 2.75) is 32.5 Å². The van der Waals surface area contributed by atoms with E-state index in [1.165, 1.54) is 0 Å². The molecule has 1 heterocycles. The molecule has 0 aliphatic heterocycles. The fourth-order valence-electron chi connectivity index (χ4n) is 1.29. The quantitative estimate of drug-likeness (QED) is 0.636. The number of methoxy groups -OCH3 is 1. The molecule has 0 atom stereocenters. The molecule has 3 nitrogen and oxygen atoms in total. The highest BCUT2D eigenvalue weighted by Gasteiger charge is 2.15. The first-order chi connectivity index (χ1) is 8.59. The van der Waals surface area contributed by atoms with E-state index in [-0.39, 0.29) is 5.60 Å². The third-order valence-corrected chi connectivity index (χ3v) is 3.60. The van der Waals surface area contributed by atoms with Crippen molar-refractivity contribution < 1.29 is 9.47 Å². The van der Waals surface area contributed by atoms with Crippen molar-refractivity contribution in [2.75, 3.05) is 20.3 Å². The zero-order valence-electron chi connectivity index (χ0n) is 11.3. The third kappa shape index (κ3) is 5.19. The van der Waals surface area contributed by atoms with Crippen molar-refractivity contribution in [1.82, 2.24) is 0 Å². The summed E-state index contributed by atoms with van der Waals surface area (Å²) in [6.45, 7) is 5.78. The summed E-state index contributed by atoms with van der Waals surface area (Å²) in [5.74, 6) is 5.92. The van der Waals surface area contributed by atoms with Crippen LogP contribution in [0.15, 0.2) is 11.4 Å². The topological polar surface area (TPSA) is 44.5 Å². The predicted molar refractivity (Wildman–Crippen MR) is 75.6 cm³/mol. The van der Waals surface area contributed by atoms with Crippen molar-refractivity contribution in [3.8, 4) is 11.8 Å². The van der Waals surface area contributed by atoms with Gasteiger partial charge in [0.05, 0.1) is 18.8 Å². The molecule has 2 N–H and O–H groups in total. The Hall–Kier alpha value is -0.860. The normalized spacial score (nSPS) is 11.1. The SMILES string of the molecule is COC(C)(C)CCOCc1sccc1C#CCN. The second-order valence-corrected chi connectivity index (χ2v) is 5.53. The maximum absolute atomic E-state index is 5.67. The Morgan fingerprint density at radius 3 is 2.89 bits per heavy atom. The van der Waals surface area contributed by atoms with Crippen molar-refractivity contribution in [2.24, 2.45) is 5.73 Å². The molecule has 0 aliphatic carbocycles.